The van der Waals surface area contributed by atoms with Crippen LogP contribution in [0.25, 0.3) is 5.57 Å². The number of hydrogen-bond donors (Lipinski definition) is 1. The Hall–Kier alpha value is -3.42. The second-order valence-electron chi connectivity index (χ2n) is 5.57. The standard InChI is InChI=1S/C19H21N3O5/c1-11(22-26-5)14-7-6-8-15(9-14)27-18-16(12(2)20-10-21-18)17(19(23)24)13(3)25-4/h6-10H,1-5H3,(H,23,24). The van der Waals surface area contributed by atoms with Gasteiger partial charge in [0.2, 0.25) is 5.88 Å². The van der Waals surface area contributed by atoms with Crippen LogP contribution in [-0.2, 0) is 14.4 Å². The molecule has 8 nitrogen and oxygen atoms in total. The Morgan fingerprint density at radius 1 is 1.19 bits per heavy atom. The molecule has 27 heavy (non-hydrogen) atoms. The number of oxime groups is 1. The monoisotopic (exact) mass is 371 g/mol. The first kappa shape index (κ1) is 19.9. The van der Waals surface area contributed by atoms with Crippen molar-refractivity contribution in [2.75, 3.05) is 14.2 Å². The molecule has 0 radical (unpaired) electrons. The van der Waals surface area contributed by atoms with Gasteiger partial charge in [-0.25, -0.2) is 14.8 Å². The average Bonchev–Trinajstić information content (AvgIpc) is 2.64. The number of aromatic nitrogens is 2. The molecular formula is C19H21N3O5. The molecule has 0 saturated heterocycles. The van der Waals surface area contributed by atoms with Crippen LogP contribution in [0, 0.1) is 6.92 Å². The fourth-order valence-electron chi connectivity index (χ4n) is 2.44. The Morgan fingerprint density at radius 2 is 1.93 bits per heavy atom. The zero-order valence-corrected chi connectivity index (χ0v) is 15.8. The number of carboxylic acids is 1. The Bertz CT molecular complexity index is 906. The van der Waals surface area contributed by atoms with E-state index in [1.54, 1.807) is 39.0 Å². The fourth-order valence-corrected chi connectivity index (χ4v) is 2.44. The van der Waals surface area contributed by atoms with Crippen LogP contribution in [0.5, 0.6) is 11.6 Å². The molecule has 0 aliphatic carbocycles. The van der Waals surface area contributed by atoms with Crippen LogP contribution in [0.2, 0.25) is 0 Å². The molecule has 1 aromatic carbocycles. The summed E-state index contributed by atoms with van der Waals surface area (Å²) in [6.45, 7) is 5.04. The minimum atomic E-state index is -1.16. The number of methoxy groups -OCH3 is 1. The molecule has 142 valence electrons. The smallest absolute Gasteiger partial charge is 0.340 e. The van der Waals surface area contributed by atoms with E-state index in [9.17, 15) is 9.90 Å². The van der Waals surface area contributed by atoms with Gasteiger partial charge < -0.3 is 19.4 Å². The Balaban J connectivity index is 2.53. The Labute approximate surface area is 157 Å². The lowest BCUT2D eigenvalue weighted by Crippen LogP contribution is -2.09. The first-order valence-electron chi connectivity index (χ1n) is 8.05. The van der Waals surface area contributed by atoms with Crippen molar-refractivity contribution in [3.63, 3.8) is 0 Å². The maximum Gasteiger partial charge on any atom is 0.340 e. The number of nitrogens with zero attached hydrogens (tertiary/aromatic N) is 3. The molecular weight excluding hydrogens is 350 g/mol. The van der Waals surface area contributed by atoms with Crippen molar-refractivity contribution in [2.45, 2.75) is 20.8 Å². The van der Waals surface area contributed by atoms with Gasteiger partial charge in [0, 0.05) is 5.56 Å². The number of allylic oxidation sites excluding steroid dienone is 1. The van der Waals surface area contributed by atoms with Gasteiger partial charge in [-0.3, -0.25) is 0 Å². The largest absolute Gasteiger partial charge is 0.500 e. The summed E-state index contributed by atoms with van der Waals surface area (Å²) < 4.78 is 11.0. The second kappa shape index (κ2) is 8.79. The van der Waals surface area contributed by atoms with E-state index in [2.05, 4.69) is 15.1 Å². The van der Waals surface area contributed by atoms with Crippen LogP contribution in [0.3, 0.4) is 0 Å². The fraction of sp³-hybridized carbons (Fsp3) is 0.263. The Morgan fingerprint density at radius 3 is 2.56 bits per heavy atom. The number of aliphatic carboxylic acids is 1. The van der Waals surface area contributed by atoms with E-state index in [0.29, 0.717) is 17.2 Å². The van der Waals surface area contributed by atoms with Crippen molar-refractivity contribution < 1.29 is 24.2 Å². The summed E-state index contributed by atoms with van der Waals surface area (Å²) in [5.74, 6) is -0.344. The number of benzene rings is 1. The molecule has 0 bridgehead atoms. The number of carbonyl (C=O) groups is 1. The lowest BCUT2D eigenvalue weighted by Gasteiger charge is -2.14. The molecule has 1 aromatic heterocycles. The second-order valence-corrected chi connectivity index (χ2v) is 5.57. The minimum Gasteiger partial charge on any atom is -0.500 e. The van der Waals surface area contributed by atoms with Gasteiger partial charge in [-0.15, -0.1) is 0 Å². The van der Waals surface area contributed by atoms with Crippen molar-refractivity contribution in [1.82, 2.24) is 9.97 Å². The average molecular weight is 371 g/mol. The quantitative estimate of drug-likeness (QED) is 0.344. The summed E-state index contributed by atoms with van der Waals surface area (Å²) >= 11 is 0. The van der Waals surface area contributed by atoms with E-state index in [1.165, 1.54) is 20.5 Å². The van der Waals surface area contributed by atoms with Gasteiger partial charge in [0.1, 0.15) is 30.5 Å². The van der Waals surface area contributed by atoms with Crippen LogP contribution >= 0.6 is 0 Å². The molecule has 0 unspecified atom stereocenters. The van der Waals surface area contributed by atoms with Crippen molar-refractivity contribution in [3.8, 4) is 11.6 Å². The predicted octanol–water partition coefficient (Wildman–Crippen LogP) is 3.41. The van der Waals surface area contributed by atoms with E-state index >= 15 is 0 Å². The van der Waals surface area contributed by atoms with Crippen LogP contribution in [0.4, 0.5) is 0 Å². The van der Waals surface area contributed by atoms with Gasteiger partial charge in [-0.05, 0) is 32.9 Å². The van der Waals surface area contributed by atoms with Crippen molar-refractivity contribution in [1.29, 1.82) is 0 Å². The van der Waals surface area contributed by atoms with E-state index in [0.717, 1.165) is 5.56 Å². The van der Waals surface area contributed by atoms with E-state index < -0.39 is 5.97 Å². The van der Waals surface area contributed by atoms with Gasteiger partial charge in [0.25, 0.3) is 0 Å². The van der Waals surface area contributed by atoms with Crippen molar-refractivity contribution in [3.05, 3.63) is 53.2 Å². The molecule has 0 aliphatic heterocycles. The molecule has 1 heterocycles. The highest BCUT2D eigenvalue weighted by atomic mass is 16.6. The third kappa shape index (κ3) is 4.60. The van der Waals surface area contributed by atoms with Crippen LogP contribution in [0.15, 0.2) is 41.5 Å². The summed E-state index contributed by atoms with van der Waals surface area (Å²) in [5.41, 5.74) is 2.13. The molecule has 0 fully saturated rings. The number of ether oxygens (including phenoxy) is 2. The van der Waals surface area contributed by atoms with Gasteiger partial charge in [-0.2, -0.15) is 0 Å². The molecule has 0 spiro atoms. The van der Waals surface area contributed by atoms with Crippen molar-refractivity contribution in [2.24, 2.45) is 5.16 Å². The third-order valence-electron chi connectivity index (χ3n) is 3.82. The van der Waals surface area contributed by atoms with E-state index in [-0.39, 0.29) is 22.8 Å². The van der Waals surface area contributed by atoms with Gasteiger partial charge in [0.15, 0.2) is 0 Å². The molecule has 0 aliphatic rings. The molecule has 0 atom stereocenters. The SMILES string of the molecule is CON=C(C)c1cccc(Oc2ncnc(C)c2C(C(=O)O)=C(C)OC)c1. The first-order valence-corrected chi connectivity index (χ1v) is 8.05. The topological polar surface area (TPSA) is 103 Å². The van der Waals surface area contributed by atoms with E-state index in [4.69, 9.17) is 14.3 Å². The minimum absolute atomic E-state index is 0.0566. The molecule has 1 N–H and O–H groups in total. The van der Waals surface area contributed by atoms with Gasteiger partial charge in [-0.1, -0.05) is 17.3 Å². The van der Waals surface area contributed by atoms with Crippen LogP contribution in [0.1, 0.15) is 30.7 Å². The van der Waals surface area contributed by atoms with Gasteiger partial charge >= 0.3 is 5.97 Å². The third-order valence-corrected chi connectivity index (χ3v) is 3.82. The molecule has 8 heteroatoms. The molecule has 2 rings (SSSR count). The normalized spacial score (nSPS) is 12.3. The summed E-state index contributed by atoms with van der Waals surface area (Å²) in [6.07, 6.45) is 1.32. The lowest BCUT2D eigenvalue weighted by atomic mass is 10.0. The zero-order chi connectivity index (χ0) is 20.0. The molecule has 0 amide bonds. The summed E-state index contributed by atoms with van der Waals surface area (Å²) in [6, 6.07) is 7.14. The van der Waals surface area contributed by atoms with Crippen LogP contribution in [-0.4, -0.2) is 41.0 Å². The number of aryl methyl sites for hydroxylation is 1. The van der Waals surface area contributed by atoms with Crippen molar-refractivity contribution >= 4 is 17.3 Å². The Kier molecular flexibility index (Phi) is 6.48. The summed E-state index contributed by atoms with van der Waals surface area (Å²) in [5, 5.41) is 13.5. The van der Waals surface area contributed by atoms with Crippen LogP contribution < -0.4 is 4.74 Å². The maximum atomic E-state index is 11.8. The number of hydrogen-bond acceptors (Lipinski definition) is 7. The highest BCUT2D eigenvalue weighted by molar-refractivity contribution is 6.17. The first-order chi connectivity index (χ1) is 12.9. The highest BCUT2D eigenvalue weighted by Gasteiger charge is 2.24. The number of rotatable bonds is 7. The summed E-state index contributed by atoms with van der Waals surface area (Å²) in [4.78, 5) is 24.8. The number of carboxylic acid groups (broad SMARTS) is 1. The maximum absolute atomic E-state index is 11.8. The molecule has 2 aromatic rings. The summed E-state index contributed by atoms with van der Waals surface area (Å²) in [7, 11) is 2.87. The predicted molar refractivity (Wildman–Crippen MR) is 99.7 cm³/mol. The van der Waals surface area contributed by atoms with E-state index in [1.807, 2.05) is 6.07 Å². The molecule has 0 saturated carbocycles. The highest BCUT2D eigenvalue weighted by Crippen LogP contribution is 2.32. The zero-order valence-electron chi connectivity index (χ0n) is 15.8. The lowest BCUT2D eigenvalue weighted by molar-refractivity contribution is -0.130. The van der Waals surface area contributed by atoms with Gasteiger partial charge in [0.05, 0.1) is 24.1 Å².